The quantitative estimate of drug-likeness (QED) is 0.303. The maximum Gasteiger partial charge on any atom is 0.196 e. The Balaban J connectivity index is 1.41. The molecular weight excluding hydrogens is 437 g/mol. The van der Waals surface area contributed by atoms with Crippen molar-refractivity contribution >= 4 is 28.4 Å². The summed E-state index contributed by atoms with van der Waals surface area (Å²) in [4.78, 5) is 18.8. The first-order chi connectivity index (χ1) is 16.1. The number of thioether (sulfide) groups is 1. The van der Waals surface area contributed by atoms with Gasteiger partial charge in [0.05, 0.1) is 12.3 Å². The predicted octanol–water partition coefficient (Wildman–Crippen LogP) is 5.16. The highest BCUT2D eigenvalue weighted by molar-refractivity contribution is 7.99. The van der Waals surface area contributed by atoms with Crippen LogP contribution in [0.4, 0.5) is 4.39 Å². The summed E-state index contributed by atoms with van der Waals surface area (Å²) in [6.07, 6.45) is 3.63. The molecule has 0 bridgehead atoms. The molecule has 8 heteroatoms. The molecule has 3 heterocycles. The van der Waals surface area contributed by atoms with Crippen LogP contribution >= 0.6 is 11.8 Å². The molecule has 2 aromatic carbocycles. The smallest absolute Gasteiger partial charge is 0.196 e. The highest BCUT2D eigenvalue weighted by atomic mass is 32.2. The number of fused-ring (bicyclic) bond motifs is 1. The number of halogens is 1. The molecule has 0 atom stereocenters. The van der Waals surface area contributed by atoms with Gasteiger partial charge in [-0.1, -0.05) is 36.4 Å². The summed E-state index contributed by atoms with van der Waals surface area (Å²) in [5, 5.41) is 10.4. The number of ketones is 1. The molecule has 33 heavy (non-hydrogen) atoms. The number of likely N-dealkylation sites (tertiary alicyclic amines) is 1. The van der Waals surface area contributed by atoms with E-state index >= 15 is 0 Å². The minimum absolute atomic E-state index is 0.0428. The van der Waals surface area contributed by atoms with Crippen molar-refractivity contribution in [1.82, 2.24) is 24.6 Å². The standard InChI is InChI=1S/C25H26FN5OS/c1-17-24(20-7-3-4-8-21(20)27-17)22(32)16-33-25-29-28-23(15-30-13-5-2-6-14-30)31(25)19-11-9-18(26)10-12-19/h3-4,7-12,27H,2,5-6,13-16H2,1H3. The number of aromatic amines is 1. The lowest BCUT2D eigenvalue weighted by Crippen LogP contribution is -2.30. The predicted molar refractivity (Wildman–Crippen MR) is 129 cm³/mol. The van der Waals surface area contributed by atoms with E-state index in [1.807, 2.05) is 35.8 Å². The van der Waals surface area contributed by atoms with Crippen LogP contribution in [0.1, 0.15) is 41.1 Å². The fourth-order valence-electron chi connectivity index (χ4n) is 4.50. The Morgan fingerprint density at radius 1 is 1.06 bits per heavy atom. The zero-order valence-electron chi connectivity index (χ0n) is 18.6. The number of para-hydroxylation sites is 1. The van der Waals surface area contributed by atoms with Gasteiger partial charge in [0.2, 0.25) is 0 Å². The molecule has 0 saturated carbocycles. The van der Waals surface area contributed by atoms with Crippen LogP contribution in [0.25, 0.3) is 16.6 Å². The Labute approximate surface area is 196 Å². The minimum Gasteiger partial charge on any atom is -0.358 e. The summed E-state index contributed by atoms with van der Waals surface area (Å²) < 4.78 is 15.5. The van der Waals surface area contributed by atoms with Crippen molar-refractivity contribution in [3.63, 3.8) is 0 Å². The summed E-state index contributed by atoms with van der Waals surface area (Å²) in [5.74, 6) is 0.803. The van der Waals surface area contributed by atoms with E-state index < -0.39 is 0 Å². The number of nitrogens with one attached hydrogen (secondary N) is 1. The first kappa shape index (κ1) is 21.9. The molecule has 0 spiro atoms. The molecule has 5 rings (SSSR count). The largest absolute Gasteiger partial charge is 0.358 e. The maximum absolute atomic E-state index is 13.6. The van der Waals surface area contributed by atoms with Gasteiger partial charge >= 0.3 is 0 Å². The van der Waals surface area contributed by atoms with Crippen molar-refractivity contribution in [2.24, 2.45) is 0 Å². The Hall–Kier alpha value is -2.97. The van der Waals surface area contributed by atoms with Gasteiger partial charge < -0.3 is 4.98 Å². The molecule has 1 aliphatic rings. The highest BCUT2D eigenvalue weighted by Crippen LogP contribution is 2.27. The van der Waals surface area contributed by atoms with Crippen LogP contribution in [0.5, 0.6) is 0 Å². The summed E-state index contributed by atoms with van der Waals surface area (Å²) in [6, 6.07) is 14.2. The number of hydrogen-bond donors (Lipinski definition) is 1. The average Bonchev–Trinajstić information content (AvgIpc) is 3.38. The third-order valence-corrected chi connectivity index (χ3v) is 7.03. The Morgan fingerprint density at radius 2 is 1.82 bits per heavy atom. The number of hydrogen-bond acceptors (Lipinski definition) is 5. The number of nitrogens with zero attached hydrogens (tertiary/aromatic N) is 4. The van der Waals surface area contributed by atoms with Crippen LogP contribution in [0.3, 0.4) is 0 Å². The zero-order valence-corrected chi connectivity index (χ0v) is 19.4. The SMILES string of the molecule is Cc1[nH]c2ccccc2c1C(=O)CSc1nnc(CN2CCCCC2)n1-c1ccc(F)cc1. The molecule has 1 aliphatic heterocycles. The summed E-state index contributed by atoms with van der Waals surface area (Å²) in [5.41, 5.74) is 3.35. The van der Waals surface area contributed by atoms with E-state index in [1.165, 1.54) is 43.2 Å². The normalized spacial score (nSPS) is 14.7. The van der Waals surface area contributed by atoms with Crippen LogP contribution in [-0.4, -0.2) is 49.3 Å². The number of aromatic nitrogens is 4. The molecule has 4 aromatic rings. The molecule has 6 nitrogen and oxygen atoms in total. The molecule has 0 amide bonds. The monoisotopic (exact) mass is 463 g/mol. The van der Waals surface area contributed by atoms with Crippen LogP contribution < -0.4 is 0 Å². The van der Waals surface area contributed by atoms with Crippen LogP contribution in [0, 0.1) is 12.7 Å². The van der Waals surface area contributed by atoms with Gasteiger partial charge in [0.1, 0.15) is 5.82 Å². The molecule has 1 saturated heterocycles. The van der Waals surface area contributed by atoms with Gasteiger partial charge in [0, 0.05) is 27.8 Å². The number of aryl methyl sites for hydroxylation is 1. The van der Waals surface area contributed by atoms with E-state index in [1.54, 1.807) is 12.1 Å². The van der Waals surface area contributed by atoms with Gasteiger partial charge in [-0.15, -0.1) is 10.2 Å². The van der Waals surface area contributed by atoms with Gasteiger partial charge in [0.15, 0.2) is 16.8 Å². The second kappa shape index (κ2) is 9.49. The Kier molecular flexibility index (Phi) is 6.28. The van der Waals surface area contributed by atoms with Gasteiger partial charge in [0.25, 0.3) is 0 Å². The molecule has 1 N–H and O–H groups in total. The molecular formula is C25H26FN5OS. The number of carbonyl (C=O) groups excluding carboxylic acids is 1. The van der Waals surface area contributed by atoms with Gasteiger partial charge in [-0.25, -0.2) is 4.39 Å². The molecule has 0 aliphatic carbocycles. The van der Waals surface area contributed by atoms with E-state index in [0.29, 0.717) is 11.7 Å². The van der Waals surface area contributed by atoms with Crippen molar-refractivity contribution in [2.75, 3.05) is 18.8 Å². The fraction of sp³-hybridized carbons (Fsp3) is 0.320. The van der Waals surface area contributed by atoms with E-state index in [-0.39, 0.29) is 17.4 Å². The van der Waals surface area contributed by atoms with Gasteiger partial charge in [-0.05, 0) is 63.2 Å². The highest BCUT2D eigenvalue weighted by Gasteiger charge is 2.21. The fourth-order valence-corrected chi connectivity index (χ4v) is 5.34. The van der Waals surface area contributed by atoms with Crippen LogP contribution in [0.2, 0.25) is 0 Å². The third kappa shape index (κ3) is 4.58. The Morgan fingerprint density at radius 3 is 2.61 bits per heavy atom. The zero-order chi connectivity index (χ0) is 22.8. The van der Waals surface area contributed by atoms with E-state index in [0.717, 1.165) is 46.8 Å². The average molecular weight is 464 g/mol. The number of rotatable bonds is 7. The van der Waals surface area contributed by atoms with Crippen LogP contribution in [0.15, 0.2) is 53.7 Å². The second-order valence-electron chi connectivity index (χ2n) is 8.43. The topological polar surface area (TPSA) is 66.8 Å². The van der Waals surface area contributed by atoms with Crippen molar-refractivity contribution < 1.29 is 9.18 Å². The number of H-pyrrole nitrogens is 1. The lowest BCUT2D eigenvalue weighted by atomic mass is 10.1. The Bertz CT molecular complexity index is 1270. The first-order valence-corrected chi connectivity index (χ1v) is 12.2. The number of carbonyl (C=O) groups is 1. The van der Waals surface area contributed by atoms with Gasteiger partial charge in [-0.2, -0.15) is 0 Å². The lowest BCUT2D eigenvalue weighted by molar-refractivity contribution is 0.102. The molecule has 2 aromatic heterocycles. The van der Waals surface area contributed by atoms with E-state index in [9.17, 15) is 9.18 Å². The third-order valence-electron chi connectivity index (χ3n) is 6.10. The molecule has 1 fully saturated rings. The minimum atomic E-state index is -0.288. The molecule has 0 radical (unpaired) electrons. The first-order valence-electron chi connectivity index (χ1n) is 11.3. The number of Topliss-reactive ketones (excluding diaryl/α,β-unsaturated/α-hetero) is 1. The summed E-state index contributed by atoms with van der Waals surface area (Å²) in [7, 11) is 0. The van der Waals surface area contributed by atoms with Crippen molar-refractivity contribution in [3.8, 4) is 5.69 Å². The summed E-state index contributed by atoms with van der Waals surface area (Å²) >= 11 is 1.37. The number of piperidine rings is 1. The maximum atomic E-state index is 13.6. The summed E-state index contributed by atoms with van der Waals surface area (Å²) in [6.45, 7) is 4.68. The van der Waals surface area contributed by atoms with Crippen molar-refractivity contribution in [3.05, 3.63) is 71.4 Å². The lowest BCUT2D eigenvalue weighted by Gasteiger charge is -2.26. The second-order valence-corrected chi connectivity index (χ2v) is 9.37. The van der Waals surface area contributed by atoms with Crippen LogP contribution in [-0.2, 0) is 6.54 Å². The molecule has 0 unspecified atom stereocenters. The van der Waals surface area contributed by atoms with Gasteiger partial charge in [-0.3, -0.25) is 14.3 Å². The van der Waals surface area contributed by atoms with Crippen molar-refractivity contribution in [1.29, 1.82) is 0 Å². The van der Waals surface area contributed by atoms with E-state index in [2.05, 4.69) is 20.1 Å². The molecule has 170 valence electrons. The van der Waals surface area contributed by atoms with Crippen molar-refractivity contribution in [2.45, 2.75) is 37.9 Å². The number of benzene rings is 2. The van der Waals surface area contributed by atoms with E-state index in [4.69, 9.17) is 0 Å².